The number of carbonyl (C=O) groups excluding carboxylic acids is 1. The Morgan fingerprint density at radius 1 is 1.22 bits per heavy atom. The van der Waals surface area contributed by atoms with Crippen molar-refractivity contribution in [3.05, 3.63) is 17.7 Å². The molecule has 152 valence electrons. The van der Waals surface area contributed by atoms with Gasteiger partial charge in [0.1, 0.15) is 11.5 Å². The third-order valence-corrected chi connectivity index (χ3v) is 5.56. The molecule has 0 aromatic carbocycles. The van der Waals surface area contributed by atoms with Gasteiger partial charge in [-0.15, -0.1) is 0 Å². The van der Waals surface area contributed by atoms with E-state index in [4.69, 9.17) is 4.74 Å². The lowest BCUT2D eigenvalue weighted by Gasteiger charge is -2.36. The molecule has 1 N–H and O–H groups in total. The van der Waals surface area contributed by atoms with Crippen LogP contribution in [-0.2, 0) is 10.9 Å². The number of carbonyl (C=O) groups is 1. The first-order valence-corrected chi connectivity index (χ1v) is 9.66. The smallest absolute Gasteiger partial charge is 0.432 e. The van der Waals surface area contributed by atoms with Gasteiger partial charge in [0.05, 0.1) is 12.8 Å². The number of piperidine rings is 1. The summed E-state index contributed by atoms with van der Waals surface area (Å²) < 4.78 is 43.3. The third-order valence-electron chi connectivity index (χ3n) is 5.56. The molecule has 2 aliphatic rings. The second-order valence-electron chi connectivity index (χ2n) is 7.26. The minimum Gasteiger partial charge on any atom is -0.450 e. The summed E-state index contributed by atoms with van der Waals surface area (Å²) in [6.07, 6.45) is 0.730. The third kappa shape index (κ3) is 4.94. The van der Waals surface area contributed by atoms with Crippen LogP contribution in [0.2, 0.25) is 0 Å². The molecule has 1 aromatic heterocycles. The second kappa shape index (κ2) is 8.50. The molecule has 0 spiro atoms. The van der Waals surface area contributed by atoms with Crippen LogP contribution in [0.3, 0.4) is 0 Å². The summed E-state index contributed by atoms with van der Waals surface area (Å²) in [5.74, 6) is 0.482. The number of rotatable bonds is 3. The molecule has 2 saturated heterocycles. The van der Waals surface area contributed by atoms with Crippen LogP contribution in [0.15, 0.2) is 6.20 Å². The van der Waals surface area contributed by atoms with Gasteiger partial charge in [0.2, 0.25) is 0 Å². The monoisotopic (exact) mass is 388 g/mol. The Morgan fingerprint density at radius 2 is 1.96 bits per heavy atom. The summed E-state index contributed by atoms with van der Waals surface area (Å²) >= 11 is 0. The van der Waals surface area contributed by atoms with Crippen LogP contribution in [0.4, 0.5) is 18.0 Å². The maximum absolute atomic E-state index is 12.7. The quantitative estimate of drug-likeness (QED) is 0.859. The van der Waals surface area contributed by atoms with Crippen molar-refractivity contribution >= 4 is 6.09 Å². The Hall–Kier alpha value is -1.77. The fourth-order valence-corrected chi connectivity index (χ4v) is 4.07. The van der Waals surface area contributed by atoms with Crippen LogP contribution in [-0.4, -0.2) is 64.7 Å². The fraction of sp³-hybridized carbons (Fsp3) is 0.778. The van der Waals surface area contributed by atoms with Crippen LogP contribution in [0.1, 0.15) is 56.5 Å². The number of likely N-dealkylation sites (tertiary alicyclic amines) is 2. The van der Waals surface area contributed by atoms with E-state index in [-0.39, 0.29) is 12.0 Å². The van der Waals surface area contributed by atoms with Gasteiger partial charge in [-0.1, -0.05) is 0 Å². The predicted octanol–water partition coefficient (Wildman–Crippen LogP) is 3.62. The Bertz CT molecular complexity index is 626. The number of imidazole rings is 1. The van der Waals surface area contributed by atoms with Gasteiger partial charge < -0.3 is 19.5 Å². The lowest BCUT2D eigenvalue weighted by molar-refractivity contribution is -0.141. The van der Waals surface area contributed by atoms with Crippen molar-refractivity contribution < 1.29 is 22.7 Å². The van der Waals surface area contributed by atoms with E-state index in [2.05, 4.69) is 14.9 Å². The molecule has 2 aliphatic heterocycles. The molecule has 1 unspecified atom stereocenters. The minimum atomic E-state index is -4.38. The number of aromatic nitrogens is 2. The van der Waals surface area contributed by atoms with Gasteiger partial charge in [0.15, 0.2) is 0 Å². The summed E-state index contributed by atoms with van der Waals surface area (Å²) in [6.45, 7) is 5.29. The highest BCUT2D eigenvalue weighted by molar-refractivity contribution is 5.67. The van der Waals surface area contributed by atoms with Gasteiger partial charge in [-0.2, -0.15) is 13.2 Å². The van der Waals surface area contributed by atoms with Crippen LogP contribution in [0.5, 0.6) is 0 Å². The minimum absolute atomic E-state index is 0.0409. The standard InChI is InChI=1S/C18H27F3N4O2/c1-2-27-17(26)25-8-3-4-14(7-11-25)24-9-5-13(6-10-24)16-22-12-15(23-16)18(19,20)21/h12-14H,2-11H2,1H3,(H,22,23). The zero-order valence-corrected chi connectivity index (χ0v) is 15.6. The van der Waals surface area contributed by atoms with Crippen LogP contribution >= 0.6 is 0 Å². The maximum atomic E-state index is 12.7. The normalized spacial score (nSPS) is 23.3. The van der Waals surface area contributed by atoms with E-state index in [1.807, 2.05) is 0 Å². The average molecular weight is 388 g/mol. The van der Waals surface area contributed by atoms with Crippen molar-refractivity contribution in [1.29, 1.82) is 0 Å². The lowest BCUT2D eigenvalue weighted by Crippen LogP contribution is -2.42. The average Bonchev–Trinajstić information content (AvgIpc) is 3.01. The zero-order chi connectivity index (χ0) is 19.4. The number of hydrogen-bond donors (Lipinski definition) is 1. The van der Waals surface area contributed by atoms with Crippen molar-refractivity contribution in [3.63, 3.8) is 0 Å². The van der Waals surface area contributed by atoms with E-state index >= 15 is 0 Å². The molecule has 6 nitrogen and oxygen atoms in total. The maximum Gasteiger partial charge on any atom is 0.432 e. The van der Waals surface area contributed by atoms with E-state index in [1.165, 1.54) is 0 Å². The molecule has 3 rings (SSSR count). The number of ether oxygens (including phenoxy) is 1. The number of amides is 1. The summed E-state index contributed by atoms with van der Waals surface area (Å²) in [4.78, 5) is 22.5. The predicted molar refractivity (Wildman–Crippen MR) is 93.4 cm³/mol. The van der Waals surface area contributed by atoms with Gasteiger partial charge in [-0.3, -0.25) is 0 Å². The largest absolute Gasteiger partial charge is 0.450 e. The van der Waals surface area contributed by atoms with Crippen LogP contribution < -0.4 is 0 Å². The van der Waals surface area contributed by atoms with Crippen molar-refractivity contribution in [3.8, 4) is 0 Å². The molecule has 1 atom stereocenters. The fourth-order valence-electron chi connectivity index (χ4n) is 4.07. The first kappa shape index (κ1) is 20.0. The van der Waals surface area contributed by atoms with Crippen LogP contribution in [0, 0.1) is 0 Å². The molecular formula is C18H27F3N4O2. The molecule has 27 heavy (non-hydrogen) atoms. The van der Waals surface area contributed by atoms with Crippen molar-refractivity contribution in [2.45, 2.75) is 57.2 Å². The molecule has 9 heteroatoms. The number of nitrogens with one attached hydrogen (secondary N) is 1. The summed E-state index contributed by atoms with van der Waals surface area (Å²) in [7, 11) is 0. The molecule has 2 fully saturated rings. The van der Waals surface area contributed by atoms with Gasteiger partial charge >= 0.3 is 12.3 Å². The SMILES string of the molecule is CCOC(=O)N1CCCC(N2CCC(c3ncc(C(F)(F)F)[nH]3)CC2)CC1. The summed E-state index contributed by atoms with van der Waals surface area (Å²) in [6, 6.07) is 0.410. The lowest BCUT2D eigenvalue weighted by atomic mass is 9.94. The summed E-state index contributed by atoms with van der Waals surface area (Å²) in [5, 5.41) is 0. The Morgan fingerprint density at radius 3 is 2.59 bits per heavy atom. The molecule has 0 bridgehead atoms. The Balaban J connectivity index is 1.50. The van der Waals surface area contributed by atoms with E-state index in [1.54, 1.807) is 11.8 Å². The molecule has 0 saturated carbocycles. The van der Waals surface area contributed by atoms with Crippen molar-refractivity contribution in [2.75, 3.05) is 32.8 Å². The van der Waals surface area contributed by atoms with Crippen molar-refractivity contribution in [2.24, 2.45) is 0 Å². The summed E-state index contributed by atoms with van der Waals surface area (Å²) in [5.41, 5.74) is -0.775. The zero-order valence-electron chi connectivity index (χ0n) is 15.6. The van der Waals surface area contributed by atoms with E-state index in [9.17, 15) is 18.0 Å². The highest BCUT2D eigenvalue weighted by Gasteiger charge is 2.35. The highest BCUT2D eigenvalue weighted by Crippen LogP contribution is 2.32. The highest BCUT2D eigenvalue weighted by atomic mass is 19.4. The first-order valence-electron chi connectivity index (χ1n) is 9.66. The second-order valence-corrected chi connectivity index (χ2v) is 7.26. The molecular weight excluding hydrogens is 361 g/mol. The Labute approximate surface area is 157 Å². The molecule has 1 aromatic rings. The van der Waals surface area contributed by atoms with Gasteiger partial charge in [-0.05, 0) is 52.1 Å². The van der Waals surface area contributed by atoms with Gasteiger partial charge in [-0.25, -0.2) is 9.78 Å². The topological polar surface area (TPSA) is 61.5 Å². The molecule has 0 radical (unpaired) electrons. The number of nitrogens with zero attached hydrogens (tertiary/aromatic N) is 3. The van der Waals surface area contributed by atoms with Gasteiger partial charge in [0.25, 0.3) is 0 Å². The molecule has 0 aliphatic carbocycles. The number of hydrogen-bond acceptors (Lipinski definition) is 4. The first-order chi connectivity index (χ1) is 12.9. The van der Waals surface area contributed by atoms with E-state index in [0.717, 1.165) is 57.9 Å². The molecule has 1 amide bonds. The van der Waals surface area contributed by atoms with Gasteiger partial charge in [0, 0.05) is 25.0 Å². The van der Waals surface area contributed by atoms with E-state index in [0.29, 0.717) is 25.0 Å². The number of aromatic amines is 1. The number of H-pyrrole nitrogens is 1. The van der Waals surface area contributed by atoms with Crippen molar-refractivity contribution in [1.82, 2.24) is 19.8 Å². The Kier molecular flexibility index (Phi) is 6.29. The number of alkyl halides is 3. The van der Waals surface area contributed by atoms with E-state index < -0.39 is 11.9 Å². The van der Waals surface area contributed by atoms with Crippen LogP contribution in [0.25, 0.3) is 0 Å². The number of halogens is 3. The molecule has 3 heterocycles.